The Bertz CT molecular complexity index is 1470. The van der Waals surface area contributed by atoms with E-state index in [2.05, 4.69) is 5.32 Å². The van der Waals surface area contributed by atoms with Crippen molar-refractivity contribution in [1.82, 2.24) is 14.5 Å². The molecule has 0 bridgehead atoms. The average Bonchev–Trinajstić information content (AvgIpc) is 3.56. The van der Waals surface area contributed by atoms with Gasteiger partial charge >= 0.3 is 5.97 Å². The maximum absolute atomic E-state index is 13.8. The monoisotopic (exact) mass is 567 g/mol. The van der Waals surface area contributed by atoms with E-state index in [1.165, 1.54) is 29.6 Å². The molecule has 4 rings (SSSR count). The van der Waals surface area contributed by atoms with Gasteiger partial charge in [0.25, 0.3) is 21.8 Å². The summed E-state index contributed by atoms with van der Waals surface area (Å²) in [4.78, 5) is 39.2. The fraction of sp³-hybridized carbons (Fsp3) is 0.208. The second kappa shape index (κ2) is 10.9. The molecule has 1 aliphatic heterocycles. The molecule has 0 aliphatic carbocycles. The van der Waals surface area contributed by atoms with Crippen LogP contribution in [0.5, 0.6) is 0 Å². The first-order valence-corrected chi connectivity index (χ1v) is 13.4. The number of amides is 2. The van der Waals surface area contributed by atoms with Crippen LogP contribution in [0.4, 0.5) is 13.2 Å². The molecule has 1 saturated heterocycles. The van der Waals surface area contributed by atoms with Gasteiger partial charge in [0.1, 0.15) is 10.0 Å². The number of thiophene rings is 1. The van der Waals surface area contributed by atoms with Crippen LogP contribution in [-0.4, -0.2) is 59.8 Å². The Balaban J connectivity index is 1.72. The van der Waals surface area contributed by atoms with Gasteiger partial charge in [-0.1, -0.05) is 18.2 Å². The van der Waals surface area contributed by atoms with Crippen LogP contribution in [0.2, 0.25) is 0 Å². The van der Waals surface area contributed by atoms with Crippen LogP contribution >= 0.6 is 11.3 Å². The SMILES string of the molecule is O=C(O)CC(NC(=O)C1N(C(=O)c2ccc(F)c(F)c2)CCN1S(=O)(=O)c1cccs1)c1ccc(F)cc1. The number of benzene rings is 2. The molecule has 0 saturated carbocycles. The highest BCUT2D eigenvalue weighted by molar-refractivity contribution is 7.91. The molecule has 2 amide bonds. The predicted molar refractivity (Wildman–Crippen MR) is 129 cm³/mol. The Labute approximate surface area is 219 Å². The van der Waals surface area contributed by atoms with E-state index in [9.17, 15) is 41.1 Å². The molecule has 1 fully saturated rings. The molecule has 9 nitrogen and oxygen atoms in total. The topological polar surface area (TPSA) is 124 Å². The number of aliphatic carboxylic acids is 1. The van der Waals surface area contributed by atoms with Crippen LogP contribution < -0.4 is 5.32 Å². The molecule has 3 aromatic rings. The van der Waals surface area contributed by atoms with E-state index in [0.717, 1.165) is 44.8 Å². The summed E-state index contributed by atoms with van der Waals surface area (Å²) in [6.45, 7) is -0.561. The second-order valence-electron chi connectivity index (χ2n) is 8.26. The summed E-state index contributed by atoms with van der Waals surface area (Å²) in [5.41, 5.74) is -0.0935. The molecule has 14 heteroatoms. The Morgan fingerprint density at radius 2 is 1.74 bits per heavy atom. The van der Waals surface area contributed by atoms with Crippen LogP contribution in [0.15, 0.2) is 64.2 Å². The lowest BCUT2D eigenvalue weighted by Crippen LogP contribution is -2.54. The summed E-state index contributed by atoms with van der Waals surface area (Å²) in [6, 6.07) is 8.64. The molecular formula is C24H20F3N3O6S2. The van der Waals surface area contributed by atoms with Crippen molar-refractivity contribution in [3.8, 4) is 0 Å². The third kappa shape index (κ3) is 5.56. The largest absolute Gasteiger partial charge is 0.481 e. The van der Waals surface area contributed by atoms with Crippen LogP contribution in [0.3, 0.4) is 0 Å². The summed E-state index contributed by atoms with van der Waals surface area (Å²) in [6.07, 6.45) is -2.40. The molecule has 200 valence electrons. The number of hydrogen-bond acceptors (Lipinski definition) is 6. The lowest BCUT2D eigenvalue weighted by atomic mass is 10.0. The number of carboxylic acids is 1. The maximum atomic E-state index is 13.8. The van der Waals surface area contributed by atoms with Gasteiger partial charge in [0, 0.05) is 18.7 Å². The minimum absolute atomic E-state index is 0.0990. The zero-order valence-corrected chi connectivity index (χ0v) is 21.0. The third-order valence-electron chi connectivity index (χ3n) is 5.82. The van der Waals surface area contributed by atoms with Gasteiger partial charge in [0.05, 0.1) is 12.5 Å². The molecule has 1 aromatic heterocycles. The molecule has 2 heterocycles. The number of carbonyl (C=O) groups excluding carboxylic acids is 2. The number of sulfonamides is 1. The molecule has 1 aliphatic rings. The van der Waals surface area contributed by atoms with E-state index in [1.807, 2.05) is 0 Å². The smallest absolute Gasteiger partial charge is 0.305 e. The van der Waals surface area contributed by atoms with Gasteiger partial charge in [-0.2, -0.15) is 4.31 Å². The molecule has 38 heavy (non-hydrogen) atoms. The summed E-state index contributed by atoms with van der Waals surface area (Å²) < 4.78 is 68.1. The molecular weight excluding hydrogens is 547 g/mol. The zero-order chi connectivity index (χ0) is 27.6. The molecule has 2 N–H and O–H groups in total. The number of halogens is 3. The van der Waals surface area contributed by atoms with E-state index < -0.39 is 63.9 Å². The Hall–Kier alpha value is -3.75. The maximum Gasteiger partial charge on any atom is 0.305 e. The van der Waals surface area contributed by atoms with Crippen molar-refractivity contribution >= 4 is 39.1 Å². The highest BCUT2D eigenvalue weighted by Crippen LogP contribution is 2.29. The predicted octanol–water partition coefficient (Wildman–Crippen LogP) is 2.97. The summed E-state index contributed by atoms with van der Waals surface area (Å²) in [5, 5.41) is 13.3. The second-order valence-corrected chi connectivity index (χ2v) is 11.3. The lowest BCUT2D eigenvalue weighted by molar-refractivity contribution is -0.138. The molecule has 2 aromatic carbocycles. The molecule has 0 radical (unpaired) electrons. The van der Waals surface area contributed by atoms with Gasteiger partial charge < -0.3 is 15.3 Å². The molecule has 2 atom stereocenters. The van der Waals surface area contributed by atoms with Gasteiger partial charge in [-0.25, -0.2) is 21.6 Å². The number of rotatable bonds is 8. The van der Waals surface area contributed by atoms with Crippen molar-refractivity contribution in [3.63, 3.8) is 0 Å². The lowest BCUT2D eigenvalue weighted by Gasteiger charge is -2.30. The highest BCUT2D eigenvalue weighted by Gasteiger charge is 2.47. The minimum atomic E-state index is -4.29. The number of nitrogens with zero attached hydrogens (tertiary/aromatic N) is 2. The van der Waals surface area contributed by atoms with Crippen LogP contribution in [0, 0.1) is 17.5 Å². The first-order valence-electron chi connectivity index (χ1n) is 11.1. The molecule has 0 spiro atoms. The van der Waals surface area contributed by atoms with Crippen molar-refractivity contribution in [3.05, 3.63) is 88.6 Å². The van der Waals surface area contributed by atoms with Crippen molar-refractivity contribution in [1.29, 1.82) is 0 Å². The number of carbonyl (C=O) groups is 3. The summed E-state index contributed by atoms with van der Waals surface area (Å²) in [5.74, 6) is -6.38. The van der Waals surface area contributed by atoms with Crippen molar-refractivity contribution < 1.29 is 41.1 Å². The van der Waals surface area contributed by atoms with E-state index in [1.54, 1.807) is 0 Å². The van der Waals surface area contributed by atoms with Gasteiger partial charge in [-0.05, 0) is 47.3 Å². The quantitative estimate of drug-likeness (QED) is 0.432. The van der Waals surface area contributed by atoms with Gasteiger partial charge in [0.2, 0.25) is 0 Å². The first kappa shape index (κ1) is 27.3. The number of nitrogens with one attached hydrogen (secondary N) is 1. The Morgan fingerprint density at radius 3 is 2.34 bits per heavy atom. The van der Waals surface area contributed by atoms with Crippen LogP contribution in [-0.2, 0) is 19.6 Å². The fourth-order valence-electron chi connectivity index (χ4n) is 4.03. The Morgan fingerprint density at radius 1 is 1.03 bits per heavy atom. The number of hydrogen-bond donors (Lipinski definition) is 2. The number of carboxylic acid groups (broad SMARTS) is 1. The van der Waals surface area contributed by atoms with Crippen LogP contribution in [0.1, 0.15) is 28.4 Å². The minimum Gasteiger partial charge on any atom is -0.481 e. The van der Waals surface area contributed by atoms with Crippen molar-refractivity contribution in [2.45, 2.75) is 22.8 Å². The summed E-state index contributed by atoms with van der Waals surface area (Å²) >= 11 is 0.891. The normalized spacial score (nSPS) is 16.8. The van der Waals surface area contributed by atoms with Gasteiger partial charge in [-0.3, -0.25) is 14.4 Å². The van der Waals surface area contributed by atoms with E-state index in [-0.39, 0.29) is 28.4 Å². The molecule has 2 unspecified atom stereocenters. The Kier molecular flexibility index (Phi) is 7.85. The fourth-order valence-corrected chi connectivity index (χ4v) is 6.70. The van der Waals surface area contributed by atoms with E-state index >= 15 is 0 Å². The first-order chi connectivity index (χ1) is 18.0. The average molecular weight is 568 g/mol. The van der Waals surface area contributed by atoms with Gasteiger partial charge in [-0.15, -0.1) is 11.3 Å². The highest BCUT2D eigenvalue weighted by atomic mass is 32.2. The third-order valence-corrected chi connectivity index (χ3v) is 9.04. The van der Waals surface area contributed by atoms with Gasteiger partial charge in [0.15, 0.2) is 17.8 Å². The van der Waals surface area contributed by atoms with E-state index in [0.29, 0.717) is 6.07 Å². The summed E-state index contributed by atoms with van der Waals surface area (Å²) in [7, 11) is -4.29. The zero-order valence-electron chi connectivity index (χ0n) is 19.4. The van der Waals surface area contributed by atoms with E-state index in [4.69, 9.17) is 0 Å². The van der Waals surface area contributed by atoms with Crippen molar-refractivity contribution in [2.75, 3.05) is 13.1 Å². The van der Waals surface area contributed by atoms with Crippen molar-refractivity contribution in [2.24, 2.45) is 0 Å². The van der Waals surface area contributed by atoms with Crippen LogP contribution in [0.25, 0.3) is 0 Å². The standard InChI is InChI=1S/C24H20F3N3O6S2/c25-16-6-3-14(4-7-16)19(13-20(31)32)28-22(33)23-29(24(34)15-5-8-17(26)18(27)12-15)9-10-30(23)38(35,36)21-2-1-11-37-21/h1-8,11-12,19,23H,9-10,13H2,(H,28,33)(H,31,32).